The molecule has 4 aromatic rings. The van der Waals surface area contributed by atoms with Crippen LogP contribution in [0.4, 0.5) is 0 Å². The summed E-state index contributed by atoms with van der Waals surface area (Å²) in [6.45, 7) is 2.04. The molecule has 0 aliphatic carbocycles. The molecule has 0 aliphatic heterocycles. The lowest BCUT2D eigenvalue weighted by molar-refractivity contribution is 0.0955. The molecule has 0 spiro atoms. The Labute approximate surface area is 177 Å². The van der Waals surface area contributed by atoms with Gasteiger partial charge in [-0.2, -0.15) is 5.10 Å². The first kappa shape index (κ1) is 19.4. The van der Waals surface area contributed by atoms with Gasteiger partial charge < -0.3 is 0 Å². The summed E-state index contributed by atoms with van der Waals surface area (Å²) in [7, 11) is 0. The van der Waals surface area contributed by atoms with Crippen molar-refractivity contribution < 1.29 is 4.79 Å². The van der Waals surface area contributed by atoms with Gasteiger partial charge in [0.05, 0.1) is 11.7 Å². The topological polar surface area (TPSA) is 54.4 Å². The first-order chi connectivity index (χ1) is 14.2. The maximum absolute atomic E-state index is 12.2. The van der Waals surface area contributed by atoms with E-state index < -0.39 is 0 Å². The Hall–Kier alpha value is -2.96. The summed E-state index contributed by atoms with van der Waals surface area (Å²) >= 11 is 3.38. The third kappa shape index (κ3) is 4.91. The van der Waals surface area contributed by atoms with E-state index in [-0.39, 0.29) is 5.91 Å². The van der Waals surface area contributed by atoms with E-state index >= 15 is 0 Å². The SMILES string of the molecule is Cc1ccc(/C=N\NC(=O)c2ccc(CSc3cccc4cccnc34)cc2)s1. The van der Waals surface area contributed by atoms with Crippen molar-refractivity contribution in [3.63, 3.8) is 0 Å². The van der Waals surface area contributed by atoms with Crippen LogP contribution < -0.4 is 5.43 Å². The van der Waals surface area contributed by atoms with Gasteiger partial charge in [-0.25, -0.2) is 5.43 Å². The van der Waals surface area contributed by atoms with Crippen LogP contribution in [0.2, 0.25) is 0 Å². The smallest absolute Gasteiger partial charge is 0.267 e. The molecule has 0 unspecified atom stereocenters. The lowest BCUT2D eigenvalue weighted by Gasteiger charge is -2.06. The average Bonchev–Trinajstić information content (AvgIpc) is 3.17. The number of thioether (sulfide) groups is 1. The number of para-hydroxylation sites is 1. The second kappa shape index (κ2) is 9.03. The number of aromatic nitrogens is 1. The molecule has 29 heavy (non-hydrogen) atoms. The summed E-state index contributed by atoms with van der Waals surface area (Å²) in [5.41, 5.74) is 5.34. The number of thiophene rings is 1. The van der Waals surface area contributed by atoms with Crippen LogP contribution in [-0.2, 0) is 5.75 Å². The molecule has 1 N–H and O–H groups in total. The summed E-state index contributed by atoms with van der Waals surface area (Å²) in [5, 5.41) is 5.17. The van der Waals surface area contributed by atoms with Crippen molar-refractivity contribution in [2.45, 2.75) is 17.6 Å². The summed E-state index contributed by atoms with van der Waals surface area (Å²) in [4.78, 5) is 20.1. The molecule has 0 atom stereocenters. The number of benzene rings is 2. The van der Waals surface area contributed by atoms with Crippen LogP contribution in [0.1, 0.15) is 25.7 Å². The lowest BCUT2D eigenvalue weighted by atomic mass is 10.1. The van der Waals surface area contributed by atoms with Crippen molar-refractivity contribution in [2.24, 2.45) is 5.10 Å². The maximum atomic E-state index is 12.2. The Morgan fingerprint density at radius 3 is 2.72 bits per heavy atom. The van der Waals surface area contributed by atoms with Gasteiger partial charge in [-0.3, -0.25) is 9.78 Å². The van der Waals surface area contributed by atoms with Gasteiger partial charge in [-0.15, -0.1) is 23.1 Å². The minimum Gasteiger partial charge on any atom is -0.267 e. The zero-order valence-electron chi connectivity index (χ0n) is 15.8. The fourth-order valence-corrected chi connectivity index (χ4v) is 4.59. The molecule has 1 amide bonds. The van der Waals surface area contributed by atoms with Crippen molar-refractivity contribution in [3.8, 4) is 0 Å². The van der Waals surface area contributed by atoms with Crippen LogP contribution in [0, 0.1) is 6.92 Å². The molecule has 0 saturated heterocycles. The number of rotatable bonds is 6. The largest absolute Gasteiger partial charge is 0.271 e. The molecule has 2 aromatic carbocycles. The summed E-state index contributed by atoms with van der Waals surface area (Å²) in [6.07, 6.45) is 3.49. The summed E-state index contributed by atoms with van der Waals surface area (Å²) < 4.78 is 0. The maximum Gasteiger partial charge on any atom is 0.271 e. The van der Waals surface area contributed by atoms with Crippen LogP contribution >= 0.6 is 23.1 Å². The van der Waals surface area contributed by atoms with Gasteiger partial charge in [0, 0.05) is 37.5 Å². The minimum atomic E-state index is -0.216. The number of hydrazone groups is 1. The number of fused-ring (bicyclic) bond motifs is 1. The molecule has 4 rings (SSSR count). The molecule has 2 aromatic heterocycles. The van der Waals surface area contributed by atoms with Crippen molar-refractivity contribution in [2.75, 3.05) is 0 Å². The highest BCUT2D eigenvalue weighted by Gasteiger charge is 2.06. The zero-order chi connectivity index (χ0) is 20.1. The number of amides is 1. The van der Waals surface area contributed by atoms with Crippen LogP contribution in [0.25, 0.3) is 10.9 Å². The number of pyridine rings is 1. The van der Waals surface area contributed by atoms with Gasteiger partial charge in [-0.1, -0.05) is 30.3 Å². The third-order valence-electron chi connectivity index (χ3n) is 4.33. The highest BCUT2D eigenvalue weighted by atomic mass is 32.2. The van der Waals surface area contributed by atoms with E-state index in [1.54, 1.807) is 29.3 Å². The molecule has 144 valence electrons. The molecule has 0 aliphatic rings. The van der Waals surface area contributed by atoms with Crippen LogP contribution in [0.5, 0.6) is 0 Å². The van der Waals surface area contributed by atoms with E-state index in [9.17, 15) is 4.79 Å². The predicted molar refractivity (Wildman–Crippen MR) is 122 cm³/mol. The molecule has 2 heterocycles. The van der Waals surface area contributed by atoms with Crippen LogP contribution in [0.3, 0.4) is 0 Å². The molecule has 0 bridgehead atoms. The fourth-order valence-electron chi connectivity index (χ4n) is 2.85. The minimum absolute atomic E-state index is 0.216. The third-order valence-corrected chi connectivity index (χ3v) is 6.38. The first-order valence-corrected chi connectivity index (χ1v) is 10.9. The number of hydrogen-bond donors (Lipinski definition) is 1. The molecular weight excluding hydrogens is 398 g/mol. The predicted octanol–water partition coefficient (Wildman–Crippen LogP) is 5.66. The van der Waals surface area contributed by atoms with E-state index in [1.165, 1.54) is 4.88 Å². The molecule has 0 saturated carbocycles. The number of nitrogens with one attached hydrogen (secondary N) is 1. The van der Waals surface area contributed by atoms with E-state index in [0.717, 1.165) is 32.0 Å². The number of nitrogens with zero attached hydrogens (tertiary/aromatic N) is 2. The van der Waals surface area contributed by atoms with Crippen molar-refractivity contribution in [1.29, 1.82) is 0 Å². The van der Waals surface area contributed by atoms with Gasteiger partial charge >= 0.3 is 0 Å². The Bertz CT molecular complexity index is 1160. The van der Waals surface area contributed by atoms with Gasteiger partial charge in [0.2, 0.25) is 0 Å². The molecule has 4 nitrogen and oxygen atoms in total. The second-order valence-corrected chi connectivity index (χ2v) is 8.80. The van der Waals surface area contributed by atoms with Gasteiger partial charge in [0.1, 0.15) is 0 Å². The standard InChI is InChI=1S/C23H19N3OS2/c1-16-7-12-20(29-16)14-25-26-23(27)19-10-8-17(9-11-19)15-28-21-6-2-4-18-5-3-13-24-22(18)21/h2-14H,15H2,1H3,(H,26,27)/b25-14-. The van der Waals surface area contributed by atoms with Gasteiger partial charge in [0.25, 0.3) is 5.91 Å². The van der Waals surface area contributed by atoms with E-state index in [1.807, 2.05) is 55.6 Å². The van der Waals surface area contributed by atoms with E-state index in [0.29, 0.717) is 5.56 Å². The number of aryl methyl sites for hydroxylation is 1. The second-order valence-electron chi connectivity index (χ2n) is 6.46. The Morgan fingerprint density at radius 1 is 1.10 bits per heavy atom. The number of hydrogen-bond acceptors (Lipinski definition) is 5. The van der Waals surface area contributed by atoms with E-state index in [2.05, 4.69) is 39.8 Å². The number of carbonyl (C=O) groups is 1. The Balaban J connectivity index is 1.36. The van der Waals surface area contributed by atoms with Crippen LogP contribution in [-0.4, -0.2) is 17.1 Å². The van der Waals surface area contributed by atoms with Crippen molar-refractivity contribution >= 4 is 46.1 Å². The Morgan fingerprint density at radius 2 is 1.93 bits per heavy atom. The fraction of sp³-hybridized carbons (Fsp3) is 0.0870. The van der Waals surface area contributed by atoms with Crippen LogP contribution in [0.15, 0.2) is 82.9 Å². The summed E-state index contributed by atoms with van der Waals surface area (Å²) in [6, 6.07) is 21.9. The average molecular weight is 418 g/mol. The quantitative estimate of drug-likeness (QED) is 0.250. The van der Waals surface area contributed by atoms with Gasteiger partial charge in [0.15, 0.2) is 0 Å². The van der Waals surface area contributed by atoms with Crippen molar-refractivity contribution in [3.05, 3.63) is 93.8 Å². The highest BCUT2D eigenvalue weighted by Crippen LogP contribution is 2.28. The molecular formula is C23H19N3OS2. The molecule has 0 fully saturated rings. The zero-order valence-corrected chi connectivity index (χ0v) is 17.5. The highest BCUT2D eigenvalue weighted by molar-refractivity contribution is 7.98. The monoisotopic (exact) mass is 417 g/mol. The van der Waals surface area contributed by atoms with Crippen molar-refractivity contribution in [1.82, 2.24) is 10.4 Å². The first-order valence-electron chi connectivity index (χ1n) is 9.14. The number of carbonyl (C=O) groups excluding carboxylic acids is 1. The molecule has 0 radical (unpaired) electrons. The van der Waals surface area contributed by atoms with Gasteiger partial charge in [-0.05, 0) is 48.9 Å². The molecule has 6 heteroatoms. The Kier molecular flexibility index (Phi) is 6.03. The van der Waals surface area contributed by atoms with E-state index in [4.69, 9.17) is 0 Å². The lowest BCUT2D eigenvalue weighted by Crippen LogP contribution is -2.17. The normalized spacial score (nSPS) is 11.2. The summed E-state index contributed by atoms with van der Waals surface area (Å²) in [5.74, 6) is 0.597.